The van der Waals surface area contributed by atoms with E-state index >= 15 is 0 Å². The Bertz CT molecular complexity index is 617. The van der Waals surface area contributed by atoms with Gasteiger partial charge < -0.3 is 9.84 Å². The molecule has 0 amide bonds. The first-order valence-corrected chi connectivity index (χ1v) is 6.34. The summed E-state index contributed by atoms with van der Waals surface area (Å²) in [4.78, 5) is 0. The molecule has 0 aliphatic carbocycles. The Balaban J connectivity index is 2.21. The van der Waals surface area contributed by atoms with Gasteiger partial charge in [0.05, 0.1) is 18.2 Å². The summed E-state index contributed by atoms with van der Waals surface area (Å²) in [5.41, 5.74) is 0.794. The smallest absolute Gasteiger partial charge is 0.137 e. The Labute approximate surface area is 120 Å². The fourth-order valence-electron chi connectivity index (χ4n) is 1.90. The maximum Gasteiger partial charge on any atom is 0.137 e. The molecule has 5 heteroatoms. The van der Waals surface area contributed by atoms with Crippen molar-refractivity contribution in [2.75, 3.05) is 7.11 Å². The van der Waals surface area contributed by atoms with Crippen LogP contribution in [0.4, 0.5) is 8.78 Å². The molecule has 0 saturated heterocycles. The number of aliphatic hydroxyl groups is 1. The van der Waals surface area contributed by atoms with E-state index in [4.69, 9.17) is 16.3 Å². The van der Waals surface area contributed by atoms with Crippen LogP contribution in [0, 0.1) is 11.6 Å². The Kier molecular flexibility index (Phi) is 4.57. The first kappa shape index (κ1) is 14.8. The quantitative estimate of drug-likeness (QED) is 0.927. The monoisotopic (exact) mass is 298 g/mol. The summed E-state index contributed by atoms with van der Waals surface area (Å²) in [6.07, 6.45) is -0.891. The number of halogens is 3. The van der Waals surface area contributed by atoms with Gasteiger partial charge in [-0.2, -0.15) is 0 Å². The zero-order chi connectivity index (χ0) is 14.7. The second-order valence-electron chi connectivity index (χ2n) is 4.35. The predicted molar refractivity (Wildman–Crippen MR) is 73.0 cm³/mol. The lowest BCUT2D eigenvalue weighted by Gasteiger charge is -2.13. The largest absolute Gasteiger partial charge is 0.495 e. The minimum Gasteiger partial charge on any atom is -0.495 e. The molecular weight excluding hydrogens is 286 g/mol. The number of ether oxygens (including phenoxy) is 1. The molecule has 0 saturated carbocycles. The highest BCUT2D eigenvalue weighted by atomic mass is 35.5. The molecule has 20 heavy (non-hydrogen) atoms. The van der Waals surface area contributed by atoms with Crippen LogP contribution in [0.1, 0.15) is 17.2 Å². The molecule has 2 nitrogen and oxygen atoms in total. The highest BCUT2D eigenvalue weighted by Gasteiger charge is 2.14. The van der Waals surface area contributed by atoms with Crippen molar-refractivity contribution in [3.8, 4) is 5.75 Å². The summed E-state index contributed by atoms with van der Waals surface area (Å²) < 4.78 is 31.4. The van der Waals surface area contributed by atoms with E-state index < -0.39 is 17.7 Å². The topological polar surface area (TPSA) is 29.5 Å². The van der Waals surface area contributed by atoms with Crippen molar-refractivity contribution in [1.29, 1.82) is 0 Å². The number of hydrogen-bond acceptors (Lipinski definition) is 2. The third kappa shape index (κ3) is 3.26. The van der Waals surface area contributed by atoms with Crippen molar-refractivity contribution >= 4 is 11.6 Å². The summed E-state index contributed by atoms with van der Waals surface area (Å²) in [6.45, 7) is 0. The summed E-state index contributed by atoms with van der Waals surface area (Å²) in [6, 6.07) is 8.10. The van der Waals surface area contributed by atoms with Gasteiger partial charge in [0.25, 0.3) is 0 Å². The van der Waals surface area contributed by atoms with Gasteiger partial charge in [0, 0.05) is 12.5 Å². The van der Waals surface area contributed by atoms with Crippen LogP contribution in [-0.2, 0) is 6.42 Å². The Hall–Kier alpha value is -1.65. The van der Waals surface area contributed by atoms with E-state index in [1.165, 1.54) is 13.2 Å². The fourth-order valence-corrected chi connectivity index (χ4v) is 2.09. The summed E-state index contributed by atoms with van der Waals surface area (Å²) in [5, 5.41) is 10.5. The number of methoxy groups -OCH3 is 1. The van der Waals surface area contributed by atoms with Crippen LogP contribution < -0.4 is 4.74 Å². The number of aliphatic hydroxyl groups excluding tert-OH is 1. The molecule has 1 N–H and O–H groups in total. The van der Waals surface area contributed by atoms with Crippen LogP contribution in [0.5, 0.6) is 5.75 Å². The molecule has 0 radical (unpaired) electrons. The van der Waals surface area contributed by atoms with Crippen LogP contribution in [0.25, 0.3) is 0 Å². The van der Waals surface area contributed by atoms with Crippen LogP contribution in [0.15, 0.2) is 36.4 Å². The molecule has 106 valence electrons. The van der Waals surface area contributed by atoms with Gasteiger partial charge in [0.15, 0.2) is 0 Å². The lowest BCUT2D eigenvalue weighted by Crippen LogP contribution is -2.04. The molecule has 0 aliphatic rings. The molecule has 1 atom stereocenters. The summed E-state index contributed by atoms with van der Waals surface area (Å²) in [7, 11) is 1.47. The number of rotatable bonds is 4. The van der Waals surface area contributed by atoms with E-state index in [0.717, 1.165) is 12.1 Å². The minimum atomic E-state index is -0.930. The standard InChI is InChI=1S/C15H13ClF2O2/c1-20-15-7-10(3-5-12(15)16)14(19)6-9-2-4-11(17)8-13(9)18/h2-5,7-8,14,19H,6H2,1H3. The van der Waals surface area contributed by atoms with Crippen molar-refractivity contribution < 1.29 is 18.6 Å². The zero-order valence-corrected chi connectivity index (χ0v) is 11.5. The van der Waals surface area contributed by atoms with E-state index in [9.17, 15) is 13.9 Å². The first-order valence-electron chi connectivity index (χ1n) is 5.96. The van der Waals surface area contributed by atoms with Gasteiger partial charge >= 0.3 is 0 Å². The third-order valence-corrected chi connectivity index (χ3v) is 3.30. The van der Waals surface area contributed by atoms with Crippen LogP contribution >= 0.6 is 11.6 Å². The van der Waals surface area contributed by atoms with E-state index in [2.05, 4.69) is 0 Å². The molecule has 0 bridgehead atoms. The lowest BCUT2D eigenvalue weighted by atomic mass is 10.0. The number of benzene rings is 2. The van der Waals surface area contributed by atoms with E-state index in [1.54, 1.807) is 18.2 Å². The van der Waals surface area contributed by atoms with Gasteiger partial charge in [-0.3, -0.25) is 0 Å². The van der Waals surface area contributed by atoms with Gasteiger partial charge in [0.2, 0.25) is 0 Å². The molecule has 2 aromatic carbocycles. The van der Waals surface area contributed by atoms with Crippen LogP contribution in [0.2, 0.25) is 5.02 Å². The molecule has 0 fully saturated rings. The van der Waals surface area contributed by atoms with Crippen molar-refractivity contribution in [3.63, 3.8) is 0 Å². The summed E-state index contributed by atoms with van der Waals surface area (Å²) >= 11 is 5.90. The molecule has 0 heterocycles. The maximum absolute atomic E-state index is 13.5. The zero-order valence-electron chi connectivity index (χ0n) is 10.7. The van der Waals surface area contributed by atoms with Crippen molar-refractivity contribution in [1.82, 2.24) is 0 Å². The van der Waals surface area contributed by atoms with Gasteiger partial charge in [-0.1, -0.05) is 23.7 Å². The predicted octanol–water partition coefficient (Wildman–Crippen LogP) is 3.90. The van der Waals surface area contributed by atoms with Crippen molar-refractivity contribution in [2.45, 2.75) is 12.5 Å². The van der Waals surface area contributed by atoms with Gasteiger partial charge in [-0.15, -0.1) is 0 Å². The molecule has 2 aromatic rings. The first-order chi connectivity index (χ1) is 9.51. The second-order valence-corrected chi connectivity index (χ2v) is 4.76. The lowest BCUT2D eigenvalue weighted by molar-refractivity contribution is 0.176. The van der Waals surface area contributed by atoms with E-state index in [1.807, 2.05) is 0 Å². The van der Waals surface area contributed by atoms with Crippen molar-refractivity contribution in [3.05, 3.63) is 64.2 Å². The molecule has 2 rings (SSSR count). The molecule has 0 spiro atoms. The molecular formula is C15H13ClF2O2. The van der Waals surface area contributed by atoms with Crippen LogP contribution in [0.3, 0.4) is 0 Å². The SMILES string of the molecule is COc1cc(C(O)Cc2ccc(F)cc2F)ccc1Cl. The van der Waals surface area contributed by atoms with Crippen LogP contribution in [-0.4, -0.2) is 12.2 Å². The third-order valence-electron chi connectivity index (χ3n) is 2.99. The molecule has 0 aromatic heterocycles. The normalized spacial score (nSPS) is 12.2. The van der Waals surface area contributed by atoms with E-state index in [-0.39, 0.29) is 12.0 Å². The highest BCUT2D eigenvalue weighted by molar-refractivity contribution is 6.32. The average molecular weight is 299 g/mol. The average Bonchev–Trinajstić information content (AvgIpc) is 2.42. The Morgan fingerprint density at radius 3 is 2.60 bits per heavy atom. The van der Waals surface area contributed by atoms with Crippen molar-refractivity contribution in [2.24, 2.45) is 0 Å². The van der Waals surface area contributed by atoms with Gasteiger partial charge in [-0.05, 0) is 29.3 Å². The Morgan fingerprint density at radius 2 is 1.95 bits per heavy atom. The highest BCUT2D eigenvalue weighted by Crippen LogP contribution is 2.29. The van der Waals surface area contributed by atoms with Gasteiger partial charge in [0.1, 0.15) is 17.4 Å². The fraction of sp³-hybridized carbons (Fsp3) is 0.200. The maximum atomic E-state index is 13.5. The molecule has 1 unspecified atom stereocenters. The minimum absolute atomic E-state index is 0.0386. The van der Waals surface area contributed by atoms with Gasteiger partial charge in [-0.25, -0.2) is 8.78 Å². The van der Waals surface area contributed by atoms with E-state index in [0.29, 0.717) is 16.3 Å². The summed E-state index contributed by atoms with van der Waals surface area (Å²) in [5.74, 6) is -0.887. The number of hydrogen-bond donors (Lipinski definition) is 1. The Morgan fingerprint density at radius 1 is 1.20 bits per heavy atom. The second kappa shape index (κ2) is 6.20. The molecule has 0 aliphatic heterocycles.